The van der Waals surface area contributed by atoms with Gasteiger partial charge < -0.3 is 5.73 Å². The molecule has 1 aromatic heterocycles. The summed E-state index contributed by atoms with van der Waals surface area (Å²) < 4.78 is 0. The second kappa shape index (κ2) is 4.31. The van der Waals surface area contributed by atoms with E-state index in [4.69, 9.17) is 5.73 Å². The zero-order chi connectivity index (χ0) is 13.0. The van der Waals surface area contributed by atoms with Crippen LogP contribution in [0.4, 0.5) is 0 Å². The van der Waals surface area contributed by atoms with Crippen molar-refractivity contribution in [3.63, 3.8) is 0 Å². The largest absolute Gasteiger partial charge is 0.324 e. The summed E-state index contributed by atoms with van der Waals surface area (Å²) in [5.41, 5.74) is 9.29. The molecular weight excluding hydrogens is 232 g/mol. The number of hydrogen-bond acceptors (Lipinski definition) is 2. The molecule has 4 aliphatic carbocycles. The maximum Gasteiger partial charge on any atom is 0.0346 e. The molecular formula is C17H24N2. The summed E-state index contributed by atoms with van der Waals surface area (Å²) in [4.78, 5) is 4.30. The Morgan fingerprint density at radius 2 is 1.74 bits per heavy atom. The van der Waals surface area contributed by atoms with Crippen molar-refractivity contribution in [2.45, 2.75) is 45.1 Å². The maximum atomic E-state index is 6.68. The molecule has 19 heavy (non-hydrogen) atoms. The van der Waals surface area contributed by atoms with Crippen LogP contribution in [0.15, 0.2) is 18.5 Å². The molecule has 2 N–H and O–H groups in total. The second-order valence-corrected chi connectivity index (χ2v) is 7.27. The van der Waals surface area contributed by atoms with Gasteiger partial charge in [-0.1, -0.05) is 0 Å². The van der Waals surface area contributed by atoms with E-state index in [0.717, 1.165) is 29.6 Å². The molecule has 1 aromatic rings. The lowest BCUT2D eigenvalue weighted by atomic mass is 9.50. The minimum absolute atomic E-state index is 0.212. The highest BCUT2D eigenvalue weighted by molar-refractivity contribution is 5.26. The molecule has 4 saturated carbocycles. The van der Waals surface area contributed by atoms with Crippen molar-refractivity contribution in [2.75, 3.05) is 0 Å². The van der Waals surface area contributed by atoms with Gasteiger partial charge in [0.25, 0.3) is 0 Å². The van der Waals surface area contributed by atoms with E-state index in [1.165, 1.54) is 43.2 Å². The first-order valence-electron chi connectivity index (χ1n) is 7.88. The summed E-state index contributed by atoms with van der Waals surface area (Å²) in [6.07, 6.45) is 11.2. The fourth-order valence-electron chi connectivity index (χ4n) is 5.59. The normalized spacial score (nSPS) is 41.5. The molecule has 0 aromatic carbocycles. The lowest BCUT2D eigenvalue weighted by Gasteiger charge is -2.56. The van der Waals surface area contributed by atoms with E-state index in [2.05, 4.69) is 18.0 Å². The lowest BCUT2D eigenvalue weighted by Crippen LogP contribution is -2.48. The molecule has 4 bridgehead atoms. The van der Waals surface area contributed by atoms with E-state index in [1.807, 2.05) is 12.4 Å². The van der Waals surface area contributed by atoms with Crippen molar-refractivity contribution in [1.82, 2.24) is 4.98 Å². The lowest BCUT2D eigenvalue weighted by molar-refractivity contribution is -0.0472. The second-order valence-electron chi connectivity index (χ2n) is 7.27. The van der Waals surface area contributed by atoms with Crippen LogP contribution in [-0.2, 0) is 0 Å². The quantitative estimate of drug-likeness (QED) is 0.880. The van der Waals surface area contributed by atoms with E-state index in [-0.39, 0.29) is 6.04 Å². The molecule has 0 aliphatic heterocycles. The van der Waals surface area contributed by atoms with Crippen LogP contribution in [-0.4, -0.2) is 4.98 Å². The average Bonchev–Trinajstić information content (AvgIpc) is 2.37. The summed E-state index contributed by atoms with van der Waals surface area (Å²) in [5.74, 6) is 4.56. The van der Waals surface area contributed by atoms with Crippen molar-refractivity contribution in [2.24, 2.45) is 35.3 Å². The standard InChI is InChI=1S/C17H24N2/c1-10-2-3-19-9-15(10)17(18)16-13-5-11-4-12(7-13)8-14(16)6-11/h2-3,9,11-14,16-17H,4-8,18H2,1H3. The molecule has 4 fully saturated rings. The monoisotopic (exact) mass is 256 g/mol. The third kappa shape index (κ3) is 1.84. The molecule has 0 amide bonds. The Balaban J connectivity index is 1.64. The van der Waals surface area contributed by atoms with Crippen LogP contribution in [0.5, 0.6) is 0 Å². The van der Waals surface area contributed by atoms with Gasteiger partial charge in [-0.15, -0.1) is 0 Å². The Kier molecular flexibility index (Phi) is 2.70. The van der Waals surface area contributed by atoms with Gasteiger partial charge in [0.15, 0.2) is 0 Å². The highest BCUT2D eigenvalue weighted by Crippen LogP contribution is 2.59. The zero-order valence-electron chi connectivity index (χ0n) is 11.8. The van der Waals surface area contributed by atoms with Crippen molar-refractivity contribution in [3.05, 3.63) is 29.6 Å². The fraction of sp³-hybridized carbons (Fsp3) is 0.706. The number of hydrogen-bond donors (Lipinski definition) is 1. The number of aryl methyl sites for hydroxylation is 1. The highest BCUT2D eigenvalue weighted by atomic mass is 14.7. The first-order valence-corrected chi connectivity index (χ1v) is 7.88. The maximum absolute atomic E-state index is 6.68. The molecule has 0 radical (unpaired) electrons. The Morgan fingerprint density at radius 1 is 1.11 bits per heavy atom. The van der Waals surface area contributed by atoms with Crippen LogP contribution in [0.2, 0.25) is 0 Å². The van der Waals surface area contributed by atoms with E-state index in [0.29, 0.717) is 0 Å². The van der Waals surface area contributed by atoms with Gasteiger partial charge in [0, 0.05) is 18.4 Å². The first-order chi connectivity index (χ1) is 9.22. The van der Waals surface area contributed by atoms with Gasteiger partial charge in [-0.2, -0.15) is 0 Å². The van der Waals surface area contributed by atoms with Gasteiger partial charge in [-0.25, -0.2) is 0 Å². The third-order valence-electron chi connectivity index (χ3n) is 6.15. The van der Waals surface area contributed by atoms with Crippen LogP contribution < -0.4 is 5.73 Å². The Labute approximate surface area is 115 Å². The summed E-state index contributed by atoms with van der Waals surface area (Å²) in [7, 11) is 0. The van der Waals surface area contributed by atoms with Gasteiger partial charge >= 0.3 is 0 Å². The van der Waals surface area contributed by atoms with Crippen molar-refractivity contribution >= 4 is 0 Å². The summed E-state index contributed by atoms with van der Waals surface area (Å²) in [6, 6.07) is 2.31. The molecule has 0 saturated heterocycles. The topological polar surface area (TPSA) is 38.9 Å². The molecule has 0 spiro atoms. The van der Waals surface area contributed by atoms with E-state index >= 15 is 0 Å². The summed E-state index contributed by atoms with van der Waals surface area (Å²) in [6.45, 7) is 2.17. The molecule has 102 valence electrons. The minimum Gasteiger partial charge on any atom is -0.324 e. The molecule has 1 atom stereocenters. The molecule has 5 rings (SSSR count). The molecule has 1 heterocycles. The number of nitrogens with two attached hydrogens (primary N) is 1. The molecule has 4 aliphatic rings. The molecule has 2 heteroatoms. The van der Waals surface area contributed by atoms with Gasteiger partial charge in [-0.3, -0.25) is 4.98 Å². The Morgan fingerprint density at radius 3 is 2.32 bits per heavy atom. The van der Waals surface area contributed by atoms with Crippen LogP contribution in [0.25, 0.3) is 0 Å². The zero-order valence-corrected chi connectivity index (χ0v) is 11.8. The predicted octanol–water partition coefficient (Wildman–Crippen LogP) is 3.46. The molecule has 2 nitrogen and oxygen atoms in total. The number of aromatic nitrogens is 1. The van der Waals surface area contributed by atoms with Crippen LogP contribution in [0.3, 0.4) is 0 Å². The van der Waals surface area contributed by atoms with Crippen LogP contribution >= 0.6 is 0 Å². The number of rotatable bonds is 2. The Bertz CT molecular complexity index is 454. The van der Waals surface area contributed by atoms with Crippen LogP contribution in [0, 0.1) is 36.5 Å². The third-order valence-corrected chi connectivity index (χ3v) is 6.15. The van der Waals surface area contributed by atoms with Crippen molar-refractivity contribution < 1.29 is 0 Å². The highest BCUT2D eigenvalue weighted by Gasteiger charge is 2.50. The van der Waals surface area contributed by atoms with Crippen LogP contribution in [0.1, 0.15) is 49.3 Å². The average molecular weight is 256 g/mol. The summed E-state index contributed by atoms with van der Waals surface area (Å²) >= 11 is 0. The first kappa shape index (κ1) is 11.9. The Hall–Kier alpha value is -0.890. The van der Waals surface area contributed by atoms with Gasteiger partial charge in [0.05, 0.1) is 0 Å². The predicted molar refractivity (Wildman–Crippen MR) is 76.4 cm³/mol. The van der Waals surface area contributed by atoms with Gasteiger partial charge in [-0.05, 0) is 85.8 Å². The number of nitrogens with zero attached hydrogens (tertiary/aromatic N) is 1. The van der Waals surface area contributed by atoms with Crippen molar-refractivity contribution in [3.8, 4) is 0 Å². The fourth-order valence-corrected chi connectivity index (χ4v) is 5.59. The van der Waals surface area contributed by atoms with E-state index in [1.54, 1.807) is 0 Å². The smallest absolute Gasteiger partial charge is 0.0346 e. The number of pyridine rings is 1. The minimum atomic E-state index is 0.212. The van der Waals surface area contributed by atoms with Crippen molar-refractivity contribution in [1.29, 1.82) is 0 Å². The SMILES string of the molecule is Cc1ccncc1C(N)C1C2CC3CC(C2)CC1C3. The van der Waals surface area contributed by atoms with Gasteiger partial charge in [0.2, 0.25) is 0 Å². The van der Waals surface area contributed by atoms with Gasteiger partial charge in [0.1, 0.15) is 0 Å². The molecule has 1 unspecified atom stereocenters. The van der Waals surface area contributed by atoms with E-state index in [9.17, 15) is 0 Å². The summed E-state index contributed by atoms with van der Waals surface area (Å²) in [5, 5.41) is 0. The van der Waals surface area contributed by atoms with E-state index < -0.39 is 0 Å².